The van der Waals surface area contributed by atoms with Gasteiger partial charge < -0.3 is 5.32 Å². The average Bonchev–Trinajstić information content (AvgIpc) is 3.04. The molecule has 1 aromatic rings. The number of rotatable bonds is 2. The Bertz CT molecular complexity index is 347. The van der Waals surface area contributed by atoms with E-state index in [1.165, 1.54) is 32.1 Å². The molecule has 82 valence electrons. The third kappa shape index (κ3) is 1.78. The number of piperidine rings is 1. The zero-order valence-electron chi connectivity index (χ0n) is 9.24. The summed E-state index contributed by atoms with van der Waals surface area (Å²) in [5.74, 6) is 2.87. The van der Waals surface area contributed by atoms with E-state index in [1.54, 1.807) is 0 Å². The van der Waals surface area contributed by atoms with Gasteiger partial charge in [-0.2, -0.15) is 5.10 Å². The molecule has 0 bridgehead atoms. The van der Waals surface area contributed by atoms with Crippen molar-refractivity contribution in [3.8, 4) is 0 Å². The minimum Gasteiger partial charge on any atom is -0.307 e. The SMILES string of the molecule is Cn1nc(C2CC2)nc1C1CCCCN1. The predicted octanol–water partition coefficient (Wildman–Crippen LogP) is 1.51. The summed E-state index contributed by atoms with van der Waals surface area (Å²) in [5.41, 5.74) is 0. The first-order valence-electron chi connectivity index (χ1n) is 5.99. The van der Waals surface area contributed by atoms with Crippen LogP contribution in [0.4, 0.5) is 0 Å². The van der Waals surface area contributed by atoms with Crippen LogP contribution >= 0.6 is 0 Å². The van der Waals surface area contributed by atoms with Crippen molar-refractivity contribution in [1.82, 2.24) is 20.1 Å². The van der Waals surface area contributed by atoms with Gasteiger partial charge in [-0.05, 0) is 32.2 Å². The van der Waals surface area contributed by atoms with Gasteiger partial charge in [0.25, 0.3) is 0 Å². The molecule has 0 spiro atoms. The summed E-state index contributed by atoms with van der Waals surface area (Å²) in [6, 6.07) is 0.434. The molecule has 15 heavy (non-hydrogen) atoms. The first-order chi connectivity index (χ1) is 7.34. The second-order valence-electron chi connectivity index (χ2n) is 4.73. The molecule has 2 fully saturated rings. The third-order valence-electron chi connectivity index (χ3n) is 3.38. The van der Waals surface area contributed by atoms with Crippen molar-refractivity contribution >= 4 is 0 Å². The molecule has 0 radical (unpaired) electrons. The van der Waals surface area contributed by atoms with Crippen molar-refractivity contribution in [2.75, 3.05) is 6.54 Å². The summed E-state index contributed by atoms with van der Waals surface area (Å²) in [7, 11) is 2.02. The molecule has 3 rings (SSSR count). The fourth-order valence-electron chi connectivity index (χ4n) is 2.31. The van der Waals surface area contributed by atoms with Crippen molar-refractivity contribution in [3.63, 3.8) is 0 Å². The van der Waals surface area contributed by atoms with Gasteiger partial charge in [-0.3, -0.25) is 4.68 Å². The lowest BCUT2D eigenvalue weighted by Gasteiger charge is -2.22. The number of nitrogens with one attached hydrogen (secondary N) is 1. The highest BCUT2D eigenvalue weighted by Gasteiger charge is 2.30. The van der Waals surface area contributed by atoms with Gasteiger partial charge in [0.05, 0.1) is 6.04 Å². The summed E-state index contributed by atoms with van der Waals surface area (Å²) >= 11 is 0. The first kappa shape index (κ1) is 9.33. The third-order valence-corrected chi connectivity index (χ3v) is 3.38. The van der Waals surface area contributed by atoms with Crippen LogP contribution in [0.3, 0.4) is 0 Å². The monoisotopic (exact) mass is 206 g/mol. The van der Waals surface area contributed by atoms with Gasteiger partial charge in [0.1, 0.15) is 5.82 Å². The molecule has 0 aromatic carbocycles. The molecule has 0 amide bonds. The van der Waals surface area contributed by atoms with E-state index in [9.17, 15) is 0 Å². The molecule has 2 aliphatic rings. The lowest BCUT2D eigenvalue weighted by Crippen LogP contribution is -2.29. The predicted molar refractivity (Wildman–Crippen MR) is 57.6 cm³/mol. The Morgan fingerprint density at radius 3 is 2.80 bits per heavy atom. The first-order valence-corrected chi connectivity index (χ1v) is 5.99. The average molecular weight is 206 g/mol. The van der Waals surface area contributed by atoms with Crippen LogP contribution < -0.4 is 5.32 Å². The topological polar surface area (TPSA) is 42.7 Å². The number of hydrogen-bond donors (Lipinski definition) is 1. The van der Waals surface area contributed by atoms with Crippen LogP contribution in [-0.2, 0) is 7.05 Å². The van der Waals surface area contributed by atoms with Crippen LogP contribution in [0.2, 0.25) is 0 Å². The van der Waals surface area contributed by atoms with Crippen molar-refractivity contribution in [1.29, 1.82) is 0 Å². The fourth-order valence-corrected chi connectivity index (χ4v) is 2.31. The molecule has 1 atom stereocenters. The summed E-state index contributed by atoms with van der Waals surface area (Å²) in [4.78, 5) is 4.68. The summed E-state index contributed by atoms with van der Waals surface area (Å²) in [5, 5.41) is 8.04. The second-order valence-corrected chi connectivity index (χ2v) is 4.73. The van der Waals surface area contributed by atoms with Crippen molar-refractivity contribution in [3.05, 3.63) is 11.6 Å². The lowest BCUT2D eigenvalue weighted by atomic mass is 10.0. The molecule has 4 nitrogen and oxygen atoms in total. The Hall–Kier alpha value is -0.900. The number of nitrogens with zero attached hydrogens (tertiary/aromatic N) is 3. The molecule has 1 N–H and O–H groups in total. The quantitative estimate of drug-likeness (QED) is 0.797. The van der Waals surface area contributed by atoms with E-state index in [4.69, 9.17) is 0 Å². The Morgan fingerprint density at radius 2 is 2.13 bits per heavy atom. The maximum atomic E-state index is 4.68. The Morgan fingerprint density at radius 1 is 1.27 bits per heavy atom. The molecular weight excluding hydrogens is 188 g/mol. The molecule has 1 saturated heterocycles. The maximum Gasteiger partial charge on any atom is 0.154 e. The molecule has 4 heteroatoms. The van der Waals surface area contributed by atoms with Gasteiger partial charge in [-0.15, -0.1) is 0 Å². The lowest BCUT2D eigenvalue weighted by molar-refractivity contribution is 0.386. The molecule has 1 saturated carbocycles. The van der Waals surface area contributed by atoms with E-state index in [0.29, 0.717) is 12.0 Å². The van der Waals surface area contributed by atoms with Gasteiger partial charge in [0, 0.05) is 13.0 Å². The van der Waals surface area contributed by atoms with Crippen molar-refractivity contribution < 1.29 is 0 Å². The molecule has 2 heterocycles. The highest BCUT2D eigenvalue weighted by Crippen LogP contribution is 2.38. The molecule has 1 unspecified atom stereocenters. The zero-order valence-corrected chi connectivity index (χ0v) is 9.24. The number of aryl methyl sites for hydroxylation is 1. The van der Waals surface area contributed by atoms with Crippen molar-refractivity contribution in [2.24, 2.45) is 7.05 Å². The minimum absolute atomic E-state index is 0.434. The van der Waals surface area contributed by atoms with E-state index in [-0.39, 0.29) is 0 Å². The molecular formula is C11H18N4. The normalized spacial score (nSPS) is 26.9. The largest absolute Gasteiger partial charge is 0.307 e. The summed E-state index contributed by atoms with van der Waals surface area (Å²) < 4.78 is 1.97. The van der Waals surface area contributed by atoms with Gasteiger partial charge in [-0.25, -0.2) is 4.98 Å². The van der Waals surface area contributed by atoms with Crippen molar-refractivity contribution in [2.45, 2.75) is 44.1 Å². The van der Waals surface area contributed by atoms with E-state index in [1.807, 2.05) is 11.7 Å². The van der Waals surface area contributed by atoms with Gasteiger partial charge >= 0.3 is 0 Å². The highest BCUT2D eigenvalue weighted by atomic mass is 15.3. The minimum atomic E-state index is 0.434. The smallest absolute Gasteiger partial charge is 0.154 e. The van der Waals surface area contributed by atoms with Crippen LogP contribution in [0.15, 0.2) is 0 Å². The Labute approximate surface area is 90.1 Å². The van der Waals surface area contributed by atoms with E-state index in [0.717, 1.165) is 18.2 Å². The zero-order chi connectivity index (χ0) is 10.3. The molecule has 1 aromatic heterocycles. The molecule has 1 aliphatic carbocycles. The van der Waals surface area contributed by atoms with Crippen LogP contribution in [0.5, 0.6) is 0 Å². The van der Waals surface area contributed by atoms with Gasteiger partial charge in [0.15, 0.2) is 5.82 Å². The summed E-state index contributed by atoms with van der Waals surface area (Å²) in [6.45, 7) is 1.12. The summed E-state index contributed by atoms with van der Waals surface area (Å²) in [6.07, 6.45) is 6.37. The Kier molecular flexibility index (Phi) is 2.24. The highest BCUT2D eigenvalue weighted by molar-refractivity contribution is 5.08. The van der Waals surface area contributed by atoms with Gasteiger partial charge in [0.2, 0.25) is 0 Å². The standard InChI is InChI=1S/C11H18N4/c1-15-11(9-4-2-3-7-12-9)13-10(14-15)8-5-6-8/h8-9,12H,2-7H2,1H3. The van der Waals surface area contributed by atoms with Crippen LogP contribution in [0.1, 0.15) is 55.7 Å². The maximum absolute atomic E-state index is 4.68. The molecule has 1 aliphatic heterocycles. The van der Waals surface area contributed by atoms with E-state index in [2.05, 4.69) is 15.4 Å². The van der Waals surface area contributed by atoms with E-state index >= 15 is 0 Å². The van der Waals surface area contributed by atoms with Crippen LogP contribution in [0.25, 0.3) is 0 Å². The van der Waals surface area contributed by atoms with E-state index < -0.39 is 0 Å². The number of hydrogen-bond acceptors (Lipinski definition) is 3. The Balaban J connectivity index is 1.82. The van der Waals surface area contributed by atoms with Crippen LogP contribution in [-0.4, -0.2) is 21.3 Å². The number of aromatic nitrogens is 3. The fraction of sp³-hybridized carbons (Fsp3) is 0.818. The second kappa shape index (κ2) is 3.59. The van der Waals surface area contributed by atoms with Crippen LogP contribution in [0, 0.1) is 0 Å². The van der Waals surface area contributed by atoms with Gasteiger partial charge in [-0.1, -0.05) is 6.42 Å².